The molecule has 138 valence electrons. The Hall–Kier alpha value is -2.34. The van der Waals surface area contributed by atoms with Crippen molar-refractivity contribution in [1.82, 2.24) is 4.98 Å². The Bertz CT molecular complexity index is 890. The molecule has 2 aromatic carbocycles. The van der Waals surface area contributed by atoms with Crippen LogP contribution in [-0.4, -0.2) is 17.5 Å². The first-order valence-electron chi connectivity index (χ1n) is 8.44. The monoisotopic (exact) mass is 398 g/mol. The fourth-order valence-corrected chi connectivity index (χ4v) is 3.39. The van der Waals surface area contributed by atoms with Gasteiger partial charge in [0.15, 0.2) is 0 Å². The lowest BCUT2D eigenvalue weighted by Gasteiger charge is -2.09. The average Bonchev–Trinajstić information content (AvgIpc) is 2.69. The largest absolute Gasteiger partial charge is 0.367 e. The zero-order valence-corrected chi connectivity index (χ0v) is 16.2. The van der Waals surface area contributed by atoms with Crippen LogP contribution < -0.4 is 5.32 Å². The van der Waals surface area contributed by atoms with Gasteiger partial charge in [-0.05, 0) is 41.5 Å². The predicted octanol–water partition coefficient (Wildman–Crippen LogP) is 5.18. The van der Waals surface area contributed by atoms with Gasteiger partial charge in [-0.2, -0.15) is 0 Å². The molecule has 0 aliphatic rings. The van der Waals surface area contributed by atoms with Crippen LogP contribution in [0.3, 0.4) is 0 Å². The van der Waals surface area contributed by atoms with Crippen LogP contribution in [0.1, 0.15) is 11.1 Å². The quantitative estimate of drug-likeness (QED) is 0.531. The van der Waals surface area contributed by atoms with Crippen LogP contribution in [0.15, 0.2) is 78.0 Å². The second-order valence-corrected chi connectivity index (χ2v) is 7.19. The number of hydrogen-bond donors (Lipinski definition) is 1. The average molecular weight is 399 g/mol. The highest BCUT2D eigenvalue weighted by molar-refractivity contribution is 7.98. The number of aromatic nitrogens is 1. The van der Waals surface area contributed by atoms with Crippen molar-refractivity contribution in [1.29, 1.82) is 0 Å². The van der Waals surface area contributed by atoms with Crippen molar-refractivity contribution in [2.24, 2.45) is 0 Å². The summed E-state index contributed by atoms with van der Waals surface area (Å²) in [5, 5.41) is 4.47. The van der Waals surface area contributed by atoms with E-state index in [1.54, 1.807) is 24.0 Å². The molecule has 4 nitrogen and oxygen atoms in total. The molecule has 1 amide bonds. The van der Waals surface area contributed by atoms with Crippen molar-refractivity contribution in [2.45, 2.75) is 17.4 Å². The lowest BCUT2D eigenvalue weighted by atomic mass is 10.2. The Morgan fingerprint density at radius 3 is 2.74 bits per heavy atom. The molecule has 27 heavy (non-hydrogen) atoms. The van der Waals surface area contributed by atoms with E-state index in [0.29, 0.717) is 11.6 Å². The third-order valence-electron chi connectivity index (χ3n) is 3.68. The standard InChI is InChI=1S/C21H19ClN2O2S/c22-19-9-2-1-7-17(19)13-26-14-20(25)24-18-8-5-6-16(12-18)15-27-21-10-3-4-11-23-21/h1-12H,13-15H2,(H,24,25). The van der Waals surface area contributed by atoms with Gasteiger partial charge in [0.1, 0.15) is 6.61 Å². The van der Waals surface area contributed by atoms with Gasteiger partial charge in [0, 0.05) is 22.7 Å². The summed E-state index contributed by atoms with van der Waals surface area (Å²) >= 11 is 7.73. The summed E-state index contributed by atoms with van der Waals surface area (Å²) in [6.07, 6.45) is 1.78. The molecule has 0 bridgehead atoms. The number of amides is 1. The number of carbonyl (C=O) groups is 1. The van der Waals surface area contributed by atoms with E-state index in [9.17, 15) is 4.79 Å². The topological polar surface area (TPSA) is 51.2 Å². The zero-order chi connectivity index (χ0) is 18.9. The van der Waals surface area contributed by atoms with Gasteiger partial charge in [-0.3, -0.25) is 4.79 Å². The second kappa shape index (κ2) is 10.1. The molecule has 0 unspecified atom stereocenters. The normalized spacial score (nSPS) is 10.6. The van der Waals surface area contributed by atoms with E-state index in [2.05, 4.69) is 10.3 Å². The summed E-state index contributed by atoms with van der Waals surface area (Å²) in [5.41, 5.74) is 2.72. The number of thioether (sulfide) groups is 1. The van der Waals surface area contributed by atoms with Crippen LogP contribution >= 0.6 is 23.4 Å². The first-order chi connectivity index (χ1) is 13.2. The molecule has 0 saturated heterocycles. The van der Waals surface area contributed by atoms with Gasteiger partial charge < -0.3 is 10.1 Å². The highest BCUT2D eigenvalue weighted by Crippen LogP contribution is 2.22. The molecule has 0 radical (unpaired) electrons. The van der Waals surface area contributed by atoms with Crippen molar-refractivity contribution in [2.75, 3.05) is 11.9 Å². The molecular formula is C21H19ClN2O2S. The van der Waals surface area contributed by atoms with Gasteiger partial charge in [-0.25, -0.2) is 4.98 Å². The molecule has 6 heteroatoms. The number of nitrogens with one attached hydrogen (secondary N) is 1. The molecule has 1 heterocycles. The van der Waals surface area contributed by atoms with Crippen molar-refractivity contribution in [3.05, 3.63) is 89.1 Å². The number of nitrogens with zero attached hydrogens (tertiary/aromatic N) is 1. The number of rotatable bonds is 8. The van der Waals surface area contributed by atoms with Gasteiger partial charge in [-0.15, -0.1) is 11.8 Å². The maximum atomic E-state index is 12.1. The number of halogens is 1. The van der Waals surface area contributed by atoms with Crippen LogP contribution in [0.2, 0.25) is 5.02 Å². The summed E-state index contributed by atoms with van der Waals surface area (Å²) in [4.78, 5) is 16.4. The van der Waals surface area contributed by atoms with Crippen molar-refractivity contribution in [3.63, 3.8) is 0 Å². The van der Waals surface area contributed by atoms with E-state index in [0.717, 1.165) is 27.6 Å². The lowest BCUT2D eigenvalue weighted by molar-refractivity contribution is -0.121. The van der Waals surface area contributed by atoms with Crippen LogP contribution in [0.4, 0.5) is 5.69 Å². The van der Waals surface area contributed by atoms with E-state index >= 15 is 0 Å². The molecule has 3 aromatic rings. The summed E-state index contributed by atoms with van der Waals surface area (Å²) < 4.78 is 5.46. The summed E-state index contributed by atoms with van der Waals surface area (Å²) in [5.74, 6) is 0.584. The second-order valence-electron chi connectivity index (χ2n) is 5.79. The minimum Gasteiger partial charge on any atom is -0.367 e. The summed E-state index contributed by atoms with van der Waals surface area (Å²) in [6, 6.07) is 21.0. The Kier molecular flexibility index (Phi) is 7.27. The number of anilines is 1. The van der Waals surface area contributed by atoms with Crippen molar-refractivity contribution in [3.8, 4) is 0 Å². The van der Waals surface area contributed by atoms with Gasteiger partial charge in [0.25, 0.3) is 0 Å². The highest BCUT2D eigenvalue weighted by Gasteiger charge is 2.06. The fourth-order valence-electron chi connectivity index (χ4n) is 2.39. The Morgan fingerprint density at radius 1 is 1.07 bits per heavy atom. The fraction of sp³-hybridized carbons (Fsp3) is 0.143. The molecule has 1 aromatic heterocycles. The maximum Gasteiger partial charge on any atom is 0.250 e. The third-order valence-corrected chi connectivity index (χ3v) is 5.07. The molecular weight excluding hydrogens is 380 g/mol. The van der Waals surface area contributed by atoms with Gasteiger partial charge in [-0.1, -0.05) is 48.0 Å². The molecule has 0 fully saturated rings. The Balaban J connectivity index is 1.47. The highest BCUT2D eigenvalue weighted by atomic mass is 35.5. The van der Waals surface area contributed by atoms with E-state index in [1.165, 1.54) is 0 Å². The minimum atomic E-state index is -0.198. The molecule has 3 rings (SSSR count). The van der Waals surface area contributed by atoms with E-state index in [-0.39, 0.29) is 12.5 Å². The SMILES string of the molecule is O=C(COCc1ccccc1Cl)Nc1cccc(CSc2ccccn2)c1. The van der Waals surface area contributed by atoms with Crippen LogP contribution in [0.25, 0.3) is 0 Å². The van der Waals surface area contributed by atoms with E-state index in [1.807, 2.05) is 60.7 Å². The number of carbonyl (C=O) groups excluding carboxylic acids is 1. The van der Waals surface area contributed by atoms with Crippen LogP contribution in [-0.2, 0) is 21.9 Å². The molecule has 0 aliphatic heterocycles. The van der Waals surface area contributed by atoms with E-state index < -0.39 is 0 Å². The van der Waals surface area contributed by atoms with Gasteiger partial charge >= 0.3 is 0 Å². The van der Waals surface area contributed by atoms with Crippen LogP contribution in [0, 0.1) is 0 Å². The summed E-state index contributed by atoms with van der Waals surface area (Å²) in [6.45, 7) is 0.270. The Labute approximate surface area is 167 Å². The number of pyridine rings is 1. The maximum absolute atomic E-state index is 12.1. The Morgan fingerprint density at radius 2 is 1.93 bits per heavy atom. The van der Waals surface area contributed by atoms with Gasteiger partial charge in [0.05, 0.1) is 11.6 Å². The van der Waals surface area contributed by atoms with E-state index in [4.69, 9.17) is 16.3 Å². The predicted molar refractivity (Wildman–Crippen MR) is 110 cm³/mol. The van der Waals surface area contributed by atoms with Crippen molar-refractivity contribution < 1.29 is 9.53 Å². The lowest BCUT2D eigenvalue weighted by Crippen LogP contribution is -2.18. The molecule has 0 aliphatic carbocycles. The third kappa shape index (κ3) is 6.40. The minimum absolute atomic E-state index is 0.0296. The van der Waals surface area contributed by atoms with Gasteiger partial charge in [0.2, 0.25) is 5.91 Å². The molecule has 0 saturated carbocycles. The molecule has 0 atom stereocenters. The summed E-state index contributed by atoms with van der Waals surface area (Å²) in [7, 11) is 0. The number of ether oxygens (including phenoxy) is 1. The van der Waals surface area contributed by atoms with Crippen molar-refractivity contribution >= 4 is 35.0 Å². The number of hydrogen-bond acceptors (Lipinski definition) is 4. The molecule has 0 spiro atoms. The smallest absolute Gasteiger partial charge is 0.250 e. The molecule has 1 N–H and O–H groups in total. The van der Waals surface area contributed by atoms with Crippen LogP contribution in [0.5, 0.6) is 0 Å². The first-order valence-corrected chi connectivity index (χ1v) is 9.81. The first kappa shape index (κ1) is 19.4. The zero-order valence-electron chi connectivity index (χ0n) is 14.6. The number of benzene rings is 2.